The molecule has 4 rings (SSSR count). The van der Waals surface area contributed by atoms with Gasteiger partial charge in [0.25, 0.3) is 0 Å². The SMILES string of the molecule is COc1cc(NC(C(=O)c2c[nH]c3cc(F)ccc23)c2ccc(Cl)cc2C)cc(S(C)(=O)=O)c1. The topological polar surface area (TPSA) is 88.3 Å². The number of benzene rings is 3. The van der Waals surface area contributed by atoms with Crippen LogP contribution in [0.3, 0.4) is 0 Å². The number of sulfone groups is 1. The number of ketones is 1. The molecule has 3 aromatic carbocycles. The van der Waals surface area contributed by atoms with E-state index in [1.807, 2.05) is 6.92 Å². The van der Waals surface area contributed by atoms with E-state index in [9.17, 15) is 17.6 Å². The summed E-state index contributed by atoms with van der Waals surface area (Å²) in [5.74, 6) is -0.375. The number of H-pyrrole nitrogens is 1. The second-order valence-corrected chi connectivity index (χ2v) is 10.5. The van der Waals surface area contributed by atoms with E-state index in [-0.39, 0.29) is 10.7 Å². The lowest BCUT2D eigenvalue weighted by atomic mass is 9.93. The molecule has 1 heterocycles. The maximum atomic E-state index is 13.8. The Kier molecular flexibility index (Phi) is 6.38. The third-order valence-corrected chi connectivity index (χ3v) is 6.90. The predicted molar refractivity (Wildman–Crippen MR) is 131 cm³/mol. The second kappa shape index (κ2) is 9.12. The molecular weight excluding hydrogens is 479 g/mol. The highest BCUT2D eigenvalue weighted by molar-refractivity contribution is 7.90. The van der Waals surface area contributed by atoms with Gasteiger partial charge in [-0.2, -0.15) is 0 Å². The number of ether oxygens (including phenoxy) is 1. The minimum absolute atomic E-state index is 0.0518. The average molecular weight is 501 g/mol. The van der Waals surface area contributed by atoms with Crippen LogP contribution in [0.2, 0.25) is 5.02 Å². The molecule has 0 bridgehead atoms. The molecule has 0 saturated carbocycles. The molecule has 6 nitrogen and oxygen atoms in total. The molecule has 0 aliphatic carbocycles. The highest BCUT2D eigenvalue weighted by atomic mass is 35.5. The predicted octanol–water partition coefficient (Wildman–Crippen LogP) is 5.72. The number of hydrogen-bond donors (Lipinski definition) is 2. The zero-order chi connectivity index (χ0) is 24.6. The van der Waals surface area contributed by atoms with Crippen LogP contribution in [0.5, 0.6) is 5.75 Å². The Morgan fingerprint density at radius 2 is 1.88 bits per heavy atom. The van der Waals surface area contributed by atoms with E-state index in [2.05, 4.69) is 10.3 Å². The Hall–Kier alpha value is -3.36. The van der Waals surface area contributed by atoms with Gasteiger partial charge >= 0.3 is 0 Å². The summed E-state index contributed by atoms with van der Waals surface area (Å²) in [5.41, 5.74) is 2.69. The van der Waals surface area contributed by atoms with Crippen molar-refractivity contribution in [1.29, 1.82) is 0 Å². The fourth-order valence-corrected chi connectivity index (χ4v) is 4.76. The standard InChI is InChI=1S/C25H22ClFN2O4S/c1-14-8-15(26)4-6-20(14)24(25(30)22-13-28-23-9-16(27)5-7-21(22)23)29-17-10-18(33-2)12-19(11-17)34(3,31)32/h4-13,24,28-29H,1-3H3. The van der Waals surface area contributed by atoms with Crippen molar-refractivity contribution in [3.8, 4) is 5.75 Å². The number of methoxy groups -OCH3 is 1. The Balaban J connectivity index is 1.85. The third-order valence-electron chi connectivity index (χ3n) is 5.57. The third kappa shape index (κ3) is 4.78. The van der Waals surface area contributed by atoms with Gasteiger partial charge in [0.05, 0.1) is 12.0 Å². The summed E-state index contributed by atoms with van der Waals surface area (Å²) in [7, 11) is -2.10. The minimum atomic E-state index is -3.53. The van der Waals surface area contributed by atoms with E-state index >= 15 is 0 Å². The van der Waals surface area contributed by atoms with Crippen molar-refractivity contribution >= 4 is 43.8 Å². The number of rotatable bonds is 7. The zero-order valence-corrected chi connectivity index (χ0v) is 20.2. The maximum absolute atomic E-state index is 13.8. The normalized spacial score (nSPS) is 12.5. The van der Waals surface area contributed by atoms with Gasteiger partial charge < -0.3 is 15.0 Å². The maximum Gasteiger partial charge on any atom is 0.191 e. The number of aryl methyl sites for hydroxylation is 1. The molecule has 9 heteroatoms. The Morgan fingerprint density at radius 1 is 1.12 bits per heavy atom. The van der Waals surface area contributed by atoms with Crippen molar-refractivity contribution in [1.82, 2.24) is 4.98 Å². The highest BCUT2D eigenvalue weighted by Crippen LogP contribution is 2.33. The Morgan fingerprint density at radius 3 is 2.56 bits per heavy atom. The molecule has 0 fully saturated rings. The van der Waals surface area contributed by atoms with E-state index in [0.717, 1.165) is 11.8 Å². The quantitative estimate of drug-likeness (QED) is 0.317. The molecule has 34 heavy (non-hydrogen) atoms. The van der Waals surface area contributed by atoms with Gasteiger partial charge in [-0.15, -0.1) is 0 Å². The average Bonchev–Trinajstić information content (AvgIpc) is 3.19. The Bertz CT molecular complexity index is 1510. The van der Waals surface area contributed by atoms with Gasteiger partial charge in [-0.25, -0.2) is 12.8 Å². The van der Waals surface area contributed by atoms with Gasteiger partial charge in [0.15, 0.2) is 15.6 Å². The molecule has 0 saturated heterocycles. The van der Waals surface area contributed by atoms with Crippen molar-refractivity contribution in [3.63, 3.8) is 0 Å². The number of halogens is 2. The number of carbonyl (C=O) groups excluding carboxylic acids is 1. The molecule has 1 aromatic heterocycles. The largest absolute Gasteiger partial charge is 0.497 e. The van der Waals surface area contributed by atoms with Gasteiger partial charge in [0.1, 0.15) is 17.6 Å². The first-order valence-corrected chi connectivity index (χ1v) is 12.6. The number of hydrogen-bond acceptors (Lipinski definition) is 5. The van der Waals surface area contributed by atoms with Crippen LogP contribution >= 0.6 is 11.6 Å². The lowest BCUT2D eigenvalue weighted by Crippen LogP contribution is -2.22. The van der Waals surface area contributed by atoms with Gasteiger partial charge in [0.2, 0.25) is 0 Å². The van der Waals surface area contributed by atoms with Crippen molar-refractivity contribution in [2.24, 2.45) is 0 Å². The zero-order valence-electron chi connectivity index (χ0n) is 18.6. The number of anilines is 1. The molecule has 1 unspecified atom stereocenters. The number of nitrogens with one attached hydrogen (secondary N) is 2. The summed E-state index contributed by atoms with van der Waals surface area (Å²) in [5, 5.41) is 4.28. The van der Waals surface area contributed by atoms with Crippen molar-refractivity contribution in [3.05, 3.63) is 88.3 Å². The lowest BCUT2D eigenvalue weighted by molar-refractivity contribution is 0.0971. The van der Waals surface area contributed by atoms with Crippen molar-refractivity contribution in [2.45, 2.75) is 17.9 Å². The number of aromatic nitrogens is 1. The van der Waals surface area contributed by atoms with Crippen molar-refractivity contribution in [2.75, 3.05) is 18.7 Å². The van der Waals surface area contributed by atoms with Gasteiger partial charge in [-0.05, 0) is 60.5 Å². The summed E-state index contributed by atoms with van der Waals surface area (Å²) < 4.78 is 43.3. The smallest absolute Gasteiger partial charge is 0.191 e. The van der Waals surface area contributed by atoms with Crippen LogP contribution in [0, 0.1) is 12.7 Å². The van der Waals surface area contributed by atoms with Crippen LogP contribution in [-0.4, -0.2) is 32.6 Å². The summed E-state index contributed by atoms with van der Waals surface area (Å²) in [6.07, 6.45) is 2.64. The van der Waals surface area contributed by atoms with Crippen LogP contribution in [-0.2, 0) is 9.84 Å². The summed E-state index contributed by atoms with van der Waals surface area (Å²) in [4.78, 5) is 16.8. The van der Waals surface area contributed by atoms with Crippen LogP contribution in [0.15, 0.2) is 65.7 Å². The van der Waals surface area contributed by atoms with E-state index in [1.54, 1.807) is 36.5 Å². The molecule has 0 radical (unpaired) electrons. The van der Waals surface area contributed by atoms with E-state index in [1.165, 1.54) is 31.4 Å². The molecule has 0 aliphatic rings. The molecule has 176 valence electrons. The van der Waals surface area contributed by atoms with Crippen molar-refractivity contribution < 1.29 is 22.3 Å². The molecule has 0 aliphatic heterocycles. The van der Waals surface area contributed by atoms with E-state index < -0.39 is 21.7 Å². The molecule has 1 atom stereocenters. The van der Waals surface area contributed by atoms with Crippen LogP contribution < -0.4 is 10.1 Å². The lowest BCUT2D eigenvalue weighted by Gasteiger charge is -2.22. The molecule has 0 spiro atoms. The van der Waals surface area contributed by atoms with Gasteiger partial charge in [-0.1, -0.05) is 17.7 Å². The monoisotopic (exact) mass is 500 g/mol. The number of fused-ring (bicyclic) bond motifs is 1. The molecule has 4 aromatic rings. The Labute approximate surface area is 201 Å². The van der Waals surface area contributed by atoms with Crippen LogP contribution in [0.1, 0.15) is 27.5 Å². The summed E-state index contributed by atoms with van der Waals surface area (Å²) >= 11 is 6.14. The van der Waals surface area contributed by atoms with Gasteiger partial charge in [-0.3, -0.25) is 4.79 Å². The molecule has 0 amide bonds. The molecular formula is C25H22ClFN2O4S. The highest BCUT2D eigenvalue weighted by Gasteiger charge is 2.27. The first-order chi connectivity index (χ1) is 16.1. The minimum Gasteiger partial charge on any atom is -0.497 e. The second-order valence-electron chi connectivity index (χ2n) is 8.00. The van der Waals surface area contributed by atoms with E-state index in [0.29, 0.717) is 38.5 Å². The fraction of sp³-hybridized carbons (Fsp3) is 0.160. The van der Waals surface area contributed by atoms with E-state index in [4.69, 9.17) is 16.3 Å². The summed E-state index contributed by atoms with van der Waals surface area (Å²) in [6, 6.07) is 12.9. The summed E-state index contributed by atoms with van der Waals surface area (Å²) in [6.45, 7) is 1.83. The number of aromatic amines is 1. The first-order valence-electron chi connectivity index (χ1n) is 10.3. The molecule has 2 N–H and O–H groups in total. The fourth-order valence-electron chi connectivity index (χ4n) is 3.86. The van der Waals surface area contributed by atoms with Gasteiger partial charge in [0, 0.05) is 45.7 Å². The number of Topliss-reactive ketones (excluding diaryl/α,β-unsaturated/α-hetero) is 1. The first kappa shape index (κ1) is 23.8. The van der Waals surface area contributed by atoms with Crippen LogP contribution in [0.25, 0.3) is 10.9 Å². The van der Waals surface area contributed by atoms with Crippen LogP contribution in [0.4, 0.5) is 10.1 Å². The number of carbonyl (C=O) groups is 1.